The van der Waals surface area contributed by atoms with E-state index in [1.807, 2.05) is 26.1 Å². The van der Waals surface area contributed by atoms with Crippen LogP contribution in [0.25, 0.3) is 0 Å². The van der Waals surface area contributed by atoms with E-state index in [0.29, 0.717) is 12.6 Å². The van der Waals surface area contributed by atoms with Gasteiger partial charge in [0.25, 0.3) is 0 Å². The largest absolute Gasteiger partial charge is 0.493 e. The molecule has 1 saturated heterocycles. The maximum Gasteiger partial charge on any atom is 0.191 e. The minimum atomic E-state index is 0.489. The monoisotopic (exact) mass is 388 g/mol. The average Bonchev–Trinajstić information content (AvgIpc) is 2.72. The van der Waals surface area contributed by atoms with E-state index in [-0.39, 0.29) is 0 Å². The second kappa shape index (κ2) is 12.3. The summed E-state index contributed by atoms with van der Waals surface area (Å²) in [5.74, 6) is 2.50. The predicted octanol–water partition coefficient (Wildman–Crippen LogP) is 2.84. The highest BCUT2D eigenvalue weighted by molar-refractivity contribution is 5.79. The lowest BCUT2D eigenvalue weighted by atomic mass is 10.1. The normalized spacial score (nSPS) is 15.9. The number of rotatable bonds is 10. The number of methoxy groups -OCH3 is 1. The van der Waals surface area contributed by atoms with Gasteiger partial charge in [-0.15, -0.1) is 6.58 Å². The molecule has 1 heterocycles. The lowest BCUT2D eigenvalue weighted by Crippen LogP contribution is -2.48. The van der Waals surface area contributed by atoms with Gasteiger partial charge in [0.05, 0.1) is 13.7 Å². The molecule has 0 unspecified atom stereocenters. The molecule has 1 aliphatic rings. The van der Waals surface area contributed by atoms with Gasteiger partial charge < -0.3 is 20.1 Å². The molecule has 0 spiro atoms. The van der Waals surface area contributed by atoms with Gasteiger partial charge in [-0.1, -0.05) is 12.1 Å². The van der Waals surface area contributed by atoms with Crippen molar-refractivity contribution in [3.63, 3.8) is 0 Å². The van der Waals surface area contributed by atoms with Crippen molar-refractivity contribution in [3.8, 4) is 11.5 Å². The van der Waals surface area contributed by atoms with E-state index in [9.17, 15) is 0 Å². The van der Waals surface area contributed by atoms with Crippen LogP contribution in [0.3, 0.4) is 0 Å². The maximum absolute atomic E-state index is 5.66. The first kappa shape index (κ1) is 22.1. The van der Waals surface area contributed by atoms with Gasteiger partial charge in [0.1, 0.15) is 0 Å². The van der Waals surface area contributed by atoms with Crippen LogP contribution in [0, 0.1) is 0 Å². The number of aliphatic imine (C=N–C) groups is 1. The zero-order valence-corrected chi connectivity index (χ0v) is 17.7. The van der Waals surface area contributed by atoms with E-state index in [0.717, 1.165) is 69.3 Å². The van der Waals surface area contributed by atoms with Crippen molar-refractivity contribution < 1.29 is 9.47 Å². The van der Waals surface area contributed by atoms with Crippen LogP contribution in [0.15, 0.2) is 35.8 Å². The summed E-state index contributed by atoms with van der Waals surface area (Å²) in [5.41, 5.74) is 1.25. The molecule has 0 aromatic heterocycles. The summed E-state index contributed by atoms with van der Waals surface area (Å²) in [6, 6.07) is 6.65. The summed E-state index contributed by atoms with van der Waals surface area (Å²) in [7, 11) is 3.50. The second-order valence-corrected chi connectivity index (χ2v) is 7.03. The number of piperidine rings is 1. The van der Waals surface area contributed by atoms with Gasteiger partial charge in [0.15, 0.2) is 17.5 Å². The molecule has 28 heavy (non-hydrogen) atoms. The zero-order chi connectivity index (χ0) is 20.2. The molecule has 1 aliphatic heterocycles. The third-order valence-electron chi connectivity index (χ3n) is 5.00. The number of hydrogen-bond acceptors (Lipinski definition) is 4. The molecule has 2 rings (SSSR count). The number of guanidine groups is 1. The Balaban J connectivity index is 1.72. The highest BCUT2D eigenvalue weighted by Gasteiger charge is 2.18. The van der Waals surface area contributed by atoms with Gasteiger partial charge in [-0.3, -0.25) is 9.89 Å². The third-order valence-corrected chi connectivity index (χ3v) is 5.00. The van der Waals surface area contributed by atoms with E-state index in [2.05, 4.69) is 39.2 Å². The summed E-state index contributed by atoms with van der Waals surface area (Å²) in [5, 5.41) is 7.00. The number of nitrogens with zero attached hydrogens (tertiary/aromatic N) is 2. The zero-order valence-electron chi connectivity index (χ0n) is 17.7. The molecule has 0 aliphatic carbocycles. The van der Waals surface area contributed by atoms with Gasteiger partial charge in [-0.25, -0.2) is 0 Å². The Morgan fingerprint density at radius 2 is 2.11 bits per heavy atom. The Labute approximate surface area is 170 Å². The van der Waals surface area contributed by atoms with Crippen LogP contribution in [-0.2, 0) is 6.42 Å². The lowest BCUT2D eigenvalue weighted by molar-refractivity contribution is 0.225. The molecule has 0 saturated carbocycles. The Hall–Kier alpha value is -2.21. The molecule has 6 heteroatoms. The van der Waals surface area contributed by atoms with Crippen molar-refractivity contribution in [1.82, 2.24) is 15.5 Å². The fourth-order valence-corrected chi connectivity index (χ4v) is 3.47. The highest BCUT2D eigenvalue weighted by Crippen LogP contribution is 2.28. The predicted molar refractivity (Wildman–Crippen MR) is 117 cm³/mol. The van der Waals surface area contributed by atoms with Gasteiger partial charge in [-0.05, 0) is 50.3 Å². The first-order chi connectivity index (χ1) is 13.7. The molecular weight excluding hydrogens is 352 g/mol. The number of benzene rings is 1. The van der Waals surface area contributed by atoms with Gasteiger partial charge in [-0.2, -0.15) is 0 Å². The van der Waals surface area contributed by atoms with Crippen LogP contribution >= 0.6 is 0 Å². The minimum Gasteiger partial charge on any atom is -0.493 e. The van der Waals surface area contributed by atoms with Crippen molar-refractivity contribution in [2.75, 3.05) is 46.9 Å². The molecule has 0 bridgehead atoms. The van der Waals surface area contributed by atoms with Crippen molar-refractivity contribution in [1.29, 1.82) is 0 Å². The van der Waals surface area contributed by atoms with E-state index < -0.39 is 0 Å². The number of ether oxygens (including phenoxy) is 2. The van der Waals surface area contributed by atoms with Crippen molar-refractivity contribution in [3.05, 3.63) is 36.4 Å². The van der Waals surface area contributed by atoms with E-state index in [1.165, 1.54) is 5.56 Å². The fourth-order valence-electron chi connectivity index (χ4n) is 3.47. The molecule has 1 fully saturated rings. The smallest absolute Gasteiger partial charge is 0.191 e. The quantitative estimate of drug-likeness (QED) is 0.279. The second-order valence-electron chi connectivity index (χ2n) is 7.03. The Morgan fingerprint density at radius 3 is 2.75 bits per heavy atom. The van der Waals surface area contributed by atoms with Crippen LogP contribution in [-0.4, -0.2) is 63.8 Å². The number of likely N-dealkylation sites (tertiary alicyclic amines) is 1. The number of aryl methyl sites for hydroxylation is 1. The number of nitrogens with one attached hydrogen (secondary N) is 2. The summed E-state index contributed by atoms with van der Waals surface area (Å²) < 4.78 is 11.0. The van der Waals surface area contributed by atoms with Gasteiger partial charge in [0, 0.05) is 39.3 Å². The van der Waals surface area contributed by atoms with E-state index in [4.69, 9.17) is 9.47 Å². The SMILES string of the molecule is C=CCN1CCC(NC(=NC)NCCCc2ccc(OC)c(OCC)c2)CC1. The minimum absolute atomic E-state index is 0.489. The standard InChI is InChI=1S/C22H36N4O2/c1-5-14-26-15-11-19(12-16-26)25-22(23-3)24-13-7-8-18-9-10-20(27-4)21(17-18)28-6-2/h5,9-10,17,19H,1,6-8,11-16H2,2-4H3,(H2,23,24,25). The molecule has 0 radical (unpaired) electrons. The Morgan fingerprint density at radius 1 is 1.32 bits per heavy atom. The van der Waals surface area contributed by atoms with Crippen LogP contribution in [0.1, 0.15) is 31.7 Å². The molecule has 6 nitrogen and oxygen atoms in total. The number of hydrogen-bond donors (Lipinski definition) is 2. The van der Waals surface area contributed by atoms with Crippen LogP contribution < -0.4 is 20.1 Å². The van der Waals surface area contributed by atoms with Crippen molar-refractivity contribution in [2.45, 2.75) is 38.6 Å². The van der Waals surface area contributed by atoms with Gasteiger partial charge >= 0.3 is 0 Å². The molecule has 1 aromatic carbocycles. The van der Waals surface area contributed by atoms with Crippen molar-refractivity contribution in [2.24, 2.45) is 4.99 Å². The molecule has 2 N–H and O–H groups in total. The maximum atomic E-state index is 5.66. The molecule has 0 amide bonds. The Bertz CT molecular complexity index is 625. The van der Waals surface area contributed by atoms with E-state index in [1.54, 1.807) is 7.11 Å². The first-order valence-corrected chi connectivity index (χ1v) is 10.3. The molecule has 1 aromatic rings. The molecule has 0 atom stereocenters. The average molecular weight is 389 g/mol. The molecular formula is C22H36N4O2. The lowest BCUT2D eigenvalue weighted by Gasteiger charge is -2.32. The first-order valence-electron chi connectivity index (χ1n) is 10.3. The summed E-state index contributed by atoms with van der Waals surface area (Å²) in [6.45, 7) is 10.5. The van der Waals surface area contributed by atoms with E-state index >= 15 is 0 Å². The van der Waals surface area contributed by atoms with Crippen LogP contribution in [0.4, 0.5) is 0 Å². The van der Waals surface area contributed by atoms with Gasteiger partial charge in [0.2, 0.25) is 0 Å². The summed E-state index contributed by atoms with van der Waals surface area (Å²) in [6.07, 6.45) is 6.26. The summed E-state index contributed by atoms with van der Waals surface area (Å²) >= 11 is 0. The topological polar surface area (TPSA) is 58.1 Å². The molecule has 156 valence electrons. The van der Waals surface area contributed by atoms with Crippen molar-refractivity contribution >= 4 is 5.96 Å². The van der Waals surface area contributed by atoms with Crippen LogP contribution in [0.5, 0.6) is 11.5 Å². The fraction of sp³-hybridized carbons (Fsp3) is 0.591. The summed E-state index contributed by atoms with van der Waals surface area (Å²) in [4.78, 5) is 6.81. The Kier molecular flexibility index (Phi) is 9.69. The third kappa shape index (κ3) is 7.08. The highest BCUT2D eigenvalue weighted by atomic mass is 16.5. The van der Waals surface area contributed by atoms with Crippen LogP contribution in [0.2, 0.25) is 0 Å².